The average molecular weight is 384 g/mol. The number of hydrogen-bond donors (Lipinski definition) is 1. The van der Waals surface area contributed by atoms with Crippen LogP contribution in [0.5, 0.6) is 0 Å². The van der Waals surface area contributed by atoms with Gasteiger partial charge in [-0.2, -0.15) is 8.42 Å². The first kappa shape index (κ1) is 16.9. The molecule has 0 aliphatic rings. The molecule has 1 aromatic carbocycles. The smallest absolute Gasteiger partial charge is 0.282 e. The number of aryl methyl sites for hydroxylation is 2. The molecule has 10 heteroatoms. The molecule has 0 radical (unpaired) electrons. The van der Waals surface area contributed by atoms with Gasteiger partial charge in [0.05, 0.1) is 5.02 Å². The fourth-order valence-corrected chi connectivity index (χ4v) is 4.41. The molecule has 0 atom stereocenters. The fraction of sp³-hybridized carbons (Fsp3) is 0.214. The molecule has 0 aliphatic carbocycles. The third-order valence-corrected chi connectivity index (χ3v) is 5.86. The van der Waals surface area contributed by atoms with Gasteiger partial charge < -0.3 is 4.57 Å². The minimum atomic E-state index is -3.81. The van der Waals surface area contributed by atoms with E-state index in [4.69, 9.17) is 11.6 Å². The number of imidazole rings is 1. The Balaban J connectivity index is 1.87. The van der Waals surface area contributed by atoms with Crippen molar-refractivity contribution in [2.24, 2.45) is 0 Å². The van der Waals surface area contributed by atoms with E-state index < -0.39 is 10.0 Å². The van der Waals surface area contributed by atoms with Gasteiger partial charge in [0.2, 0.25) is 5.13 Å². The lowest BCUT2D eigenvalue weighted by atomic mass is 10.2. The summed E-state index contributed by atoms with van der Waals surface area (Å²) in [6, 6.07) is 7.17. The zero-order valence-corrected chi connectivity index (χ0v) is 15.3. The SMILES string of the molecule is CCn1cc(S(=O)(=O)Nc2nnc(-c3ccccc3Cl)s2)nc1C. The molecule has 2 aromatic heterocycles. The standard InChI is InChI=1S/C14H14ClN5O2S2/c1-3-20-8-12(16-9(20)2)24(21,22)19-14-18-17-13(23-14)10-6-4-5-7-11(10)15/h4-8H,3H2,1-2H3,(H,18,19). The van der Waals surface area contributed by atoms with Gasteiger partial charge in [-0.3, -0.25) is 4.72 Å². The van der Waals surface area contributed by atoms with E-state index >= 15 is 0 Å². The number of rotatable bonds is 5. The van der Waals surface area contributed by atoms with E-state index in [1.165, 1.54) is 6.20 Å². The number of benzene rings is 1. The summed E-state index contributed by atoms with van der Waals surface area (Å²) in [7, 11) is -3.81. The van der Waals surface area contributed by atoms with E-state index in [2.05, 4.69) is 19.9 Å². The molecule has 0 bridgehead atoms. The molecule has 3 aromatic rings. The highest BCUT2D eigenvalue weighted by Gasteiger charge is 2.21. The highest BCUT2D eigenvalue weighted by atomic mass is 35.5. The third-order valence-electron chi connectivity index (χ3n) is 3.32. The van der Waals surface area contributed by atoms with Crippen LogP contribution >= 0.6 is 22.9 Å². The van der Waals surface area contributed by atoms with E-state index in [1.54, 1.807) is 23.6 Å². The van der Waals surface area contributed by atoms with E-state index in [9.17, 15) is 8.42 Å². The molecule has 24 heavy (non-hydrogen) atoms. The number of nitrogens with one attached hydrogen (secondary N) is 1. The molecule has 126 valence electrons. The molecule has 3 rings (SSSR count). The van der Waals surface area contributed by atoms with Crippen molar-refractivity contribution in [2.45, 2.75) is 25.4 Å². The summed E-state index contributed by atoms with van der Waals surface area (Å²) < 4.78 is 29.0. The van der Waals surface area contributed by atoms with Gasteiger partial charge in [-0.25, -0.2) is 4.98 Å². The van der Waals surface area contributed by atoms with Crippen LogP contribution in [0.3, 0.4) is 0 Å². The predicted molar refractivity (Wildman–Crippen MR) is 93.8 cm³/mol. The fourth-order valence-electron chi connectivity index (χ4n) is 2.10. The Morgan fingerprint density at radius 1 is 1.29 bits per heavy atom. The summed E-state index contributed by atoms with van der Waals surface area (Å²) in [5, 5.41) is 9.05. The van der Waals surface area contributed by atoms with Crippen LogP contribution in [0.2, 0.25) is 5.02 Å². The van der Waals surface area contributed by atoms with Crippen molar-refractivity contribution in [3.63, 3.8) is 0 Å². The quantitative estimate of drug-likeness (QED) is 0.730. The molecular weight excluding hydrogens is 370 g/mol. The van der Waals surface area contributed by atoms with Gasteiger partial charge >= 0.3 is 0 Å². The minimum absolute atomic E-state index is 0.0451. The normalized spacial score (nSPS) is 11.6. The number of anilines is 1. The summed E-state index contributed by atoms with van der Waals surface area (Å²) >= 11 is 7.23. The molecule has 2 heterocycles. The molecule has 0 unspecified atom stereocenters. The minimum Gasteiger partial charge on any atom is -0.334 e. The number of nitrogens with zero attached hydrogens (tertiary/aromatic N) is 4. The van der Waals surface area contributed by atoms with Crippen molar-refractivity contribution >= 4 is 38.1 Å². The van der Waals surface area contributed by atoms with Crippen LogP contribution in [0, 0.1) is 6.92 Å². The Hall–Kier alpha value is -1.97. The molecule has 0 fully saturated rings. The van der Waals surface area contributed by atoms with Crippen LogP contribution < -0.4 is 4.72 Å². The van der Waals surface area contributed by atoms with Crippen LogP contribution in [0.1, 0.15) is 12.7 Å². The van der Waals surface area contributed by atoms with Crippen LogP contribution in [0.25, 0.3) is 10.6 Å². The second-order valence-corrected chi connectivity index (χ2v) is 7.92. The van der Waals surface area contributed by atoms with Crippen molar-refractivity contribution in [1.29, 1.82) is 0 Å². The van der Waals surface area contributed by atoms with Crippen molar-refractivity contribution in [1.82, 2.24) is 19.7 Å². The predicted octanol–water partition coefficient (Wildman–Crippen LogP) is 3.18. The number of halogens is 1. The summed E-state index contributed by atoms with van der Waals surface area (Å²) in [5.41, 5.74) is 0.702. The molecule has 0 amide bonds. The maximum absolute atomic E-state index is 12.4. The molecule has 1 N–H and O–H groups in total. The second-order valence-electron chi connectivity index (χ2n) is 4.91. The molecule has 0 spiro atoms. The van der Waals surface area contributed by atoms with Gasteiger partial charge in [0.1, 0.15) is 5.82 Å². The van der Waals surface area contributed by atoms with Gasteiger partial charge in [0.15, 0.2) is 10.0 Å². The lowest BCUT2D eigenvalue weighted by molar-refractivity contribution is 0.597. The maximum atomic E-state index is 12.4. The van der Waals surface area contributed by atoms with Crippen molar-refractivity contribution in [2.75, 3.05) is 4.72 Å². The second kappa shape index (κ2) is 6.50. The molecule has 0 saturated carbocycles. The highest BCUT2D eigenvalue weighted by molar-refractivity contribution is 7.92. The van der Waals surface area contributed by atoms with Gasteiger partial charge in [-0.1, -0.05) is 41.1 Å². The zero-order chi connectivity index (χ0) is 17.3. The largest absolute Gasteiger partial charge is 0.334 e. The topological polar surface area (TPSA) is 89.8 Å². The highest BCUT2D eigenvalue weighted by Crippen LogP contribution is 2.32. The summed E-state index contributed by atoms with van der Waals surface area (Å²) in [6.07, 6.45) is 1.49. The lowest BCUT2D eigenvalue weighted by Gasteiger charge is -2.00. The number of sulfonamides is 1. The van der Waals surface area contributed by atoms with Crippen molar-refractivity contribution in [3.8, 4) is 10.6 Å². The van der Waals surface area contributed by atoms with Crippen LogP contribution in [-0.2, 0) is 16.6 Å². The monoisotopic (exact) mass is 383 g/mol. The maximum Gasteiger partial charge on any atom is 0.282 e. The number of aromatic nitrogens is 4. The van der Waals surface area contributed by atoms with Gasteiger partial charge in [-0.05, 0) is 19.9 Å². The van der Waals surface area contributed by atoms with Crippen molar-refractivity contribution < 1.29 is 8.42 Å². The van der Waals surface area contributed by atoms with E-state index in [0.717, 1.165) is 11.3 Å². The van der Waals surface area contributed by atoms with Gasteiger partial charge in [-0.15, -0.1) is 10.2 Å². The first-order valence-corrected chi connectivity index (χ1v) is 9.73. The Morgan fingerprint density at radius 2 is 2.04 bits per heavy atom. The average Bonchev–Trinajstić information content (AvgIpc) is 3.14. The van der Waals surface area contributed by atoms with Crippen molar-refractivity contribution in [3.05, 3.63) is 41.3 Å². The van der Waals surface area contributed by atoms with Crippen LogP contribution in [-0.4, -0.2) is 28.2 Å². The Bertz CT molecular complexity index is 981. The summed E-state index contributed by atoms with van der Waals surface area (Å²) in [5.74, 6) is 0.631. The summed E-state index contributed by atoms with van der Waals surface area (Å²) in [6.45, 7) is 4.31. The van der Waals surface area contributed by atoms with Crippen LogP contribution in [0.4, 0.5) is 5.13 Å². The first-order chi connectivity index (χ1) is 11.4. The Morgan fingerprint density at radius 3 is 2.71 bits per heavy atom. The molecule has 0 aliphatic heterocycles. The molecule has 7 nitrogen and oxygen atoms in total. The molecule has 0 saturated heterocycles. The Kier molecular flexibility index (Phi) is 4.57. The van der Waals surface area contributed by atoms with Gasteiger partial charge in [0, 0.05) is 18.3 Å². The van der Waals surface area contributed by atoms with E-state index in [0.29, 0.717) is 28.0 Å². The van der Waals surface area contributed by atoms with E-state index in [1.807, 2.05) is 19.1 Å². The summed E-state index contributed by atoms with van der Waals surface area (Å²) in [4.78, 5) is 4.08. The number of hydrogen-bond acceptors (Lipinski definition) is 6. The first-order valence-electron chi connectivity index (χ1n) is 7.05. The Labute approximate surface area is 148 Å². The van der Waals surface area contributed by atoms with Gasteiger partial charge in [0.25, 0.3) is 10.0 Å². The molecular formula is C14H14ClN5O2S2. The third kappa shape index (κ3) is 3.28. The van der Waals surface area contributed by atoms with Crippen LogP contribution in [0.15, 0.2) is 35.5 Å². The van der Waals surface area contributed by atoms with E-state index in [-0.39, 0.29) is 10.2 Å². The lowest BCUT2D eigenvalue weighted by Crippen LogP contribution is -2.13. The zero-order valence-electron chi connectivity index (χ0n) is 12.9.